The number of esters is 1. The Morgan fingerprint density at radius 1 is 1.26 bits per heavy atom. The molecule has 11 nitrogen and oxygen atoms in total. The summed E-state index contributed by atoms with van der Waals surface area (Å²) < 4.78 is 20.9. The summed E-state index contributed by atoms with van der Waals surface area (Å²) in [6.07, 6.45) is 0.361. The molecule has 3 rings (SSSR count). The van der Waals surface area contributed by atoms with Crippen molar-refractivity contribution in [3.8, 4) is 11.5 Å². The van der Waals surface area contributed by atoms with Crippen molar-refractivity contribution in [1.82, 2.24) is 4.90 Å². The zero-order chi connectivity index (χ0) is 24.9. The third-order valence-corrected chi connectivity index (χ3v) is 5.85. The van der Waals surface area contributed by atoms with Crippen molar-refractivity contribution in [1.29, 1.82) is 0 Å². The summed E-state index contributed by atoms with van der Waals surface area (Å²) in [4.78, 5) is 39.8. The lowest BCUT2D eigenvalue weighted by atomic mass is 9.96. The van der Waals surface area contributed by atoms with Crippen LogP contribution in [0.4, 0.5) is 10.5 Å². The lowest BCUT2D eigenvalue weighted by Crippen LogP contribution is -2.65. The fourth-order valence-electron chi connectivity index (χ4n) is 4.10. The van der Waals surface area contributed by atoms with Gasteiger partial charge in [-0.2, -0.15) is 0 Å². The second kappa shape index (κ2) is 10.7. The van der Waals surface area contributed by atoms with E-state index in [1.165, 1.54) is 37.3 Å². The van der Waals surface area contributed by atoms with E-state index in [-0.39, 0.29) is 61.3 Å². The van der Waals surface area contributed by atoms with E-state index in [2.05, 4.69) is 11.3 Å². The van der Waals surface area contributed by atoms with Crippen LogP contribution >= 0.6 is 0 Å². The number of amides is 2. The number of carbonyl (C=O) groups excluding carboxylic acids is 3. The Bertz CT molecular complexity index is 951. The lowest BCUT2D eigenvalue weighted by molar-refractivity contribution is -0.174. The molecule has 1 aromatic carbocycles. The number of anilines is 1. The smallest absolute Gasteiger partial charge is 0.416 e. The Hall–Kier alpha value is -3.31. The summed E-state index contributed by atoms with van der Waals surface area (Å²) in [5.74, 6) is -0.556. The minimum Gasteiger partial charge on any atom is -0.493 e. The molecule has 1 aromatic rings. The predicted molar refractivity (Wildman–Crippen MR) is 120 cm³/mol. The molecule has 2 N–H and O–H groups in total. The van der Waals surface area contributed by atoms with Crippen molar-refractivity contribution in [2.45, 2.75) is 44.1 Å². The zero-order valence-corrected chi connectivity index (χ0v) is 19.3. The van der Waals surface area contributed by atoms with Crippen LogP contribution in [0.25, 0.3) is 0 Å². The van der Waals surface area contributed by atoms with E-state index in [1.54, 1.807) is 0 Å². The maximum Gasteiger partial charge on any atom is 0.416 e. The Labute approximate surface area is 197 Å². The SMILES string of the molecule is C=CCOC(=O)N1c2cc(OCCCC(=O)OC)c(OC)cc2C(=O)N2CCCC[C@@]2(O)C1O. The van der Waals surface area contributed by atoms with Crippen LogP contribution in [0.3, 0.4) is 0 Å². The largest absolute Gasteiger partial charge is 0.493 e. The average molecular weight is 478 g/mol. The first-order chi connectivity index (χ1) is 16.3. The van der Waals surface area contributed by atoms with E-state index in [9.17, 15) is 24.6 Å². The van der Waals surface area contributed by atoms with E-state index in [0.717, 1.165) is 4.90 Å². The Morgan fingerprint density at radius 2 is 2.03 bits per heavy atom. The highest BCUT2D eigenvalue weighted by molar-refractivity contribution is 6.06. The highest BCUT2D eigenvalue weighted by Crippen LogP contribution is 2.43. The standard InChI is InChI=1S/C23H30N2O9/c1-4-11-34-22(29)25-16-14-18(33-12-7-8-19(26)32-3)17(31-2)13-15(16)20(27)24-10-6-5-9-23(24,30)21(25)28/h4,13-14,21,28,30H,1,5-12H2,2-3H3/t21?,23-/m1/s1. The molecule has 186 valence electrons. The molecule has 2 amide bonds. The highest BCUT2D eigenvalue weighted by atomic mass is 16.6. The second-order valence-electron chi connectivity index (χ2n) is 7.95. The molecule has 2 aliphatic rings. The van der Waals surface area contributed by atoms with Crippen molar-refractivity contribution < 1.29 is 43.5 Å². The molecule has 1 unspecified atom stereocenters. The number of fused-ring (bicyclic) bond motifs is 2. The molecule has 2 heterocycles. The molecule has 0 bridgehead atoms. The van der Waals surface area contributed by atoms with E-state index < -0.39 is 24.0 Å². The van der Waals surface area contributed by atoms with Crippen LogP contribution in [0.15, 0.2) is 24.8 Å². The Balaban J connectivity index is 2.05. The molecule has 1 saturated heterocycles. The van der Waals surface area contributed by atoms with Gasteiger partial charge in [0.25, 0.3) is 5.91 Å². The van der Waals surface area contributed by atoms with E-state index in [0.29, 0.717) is 19.3 Å². The minimum atomic E-state index is -2.00. The van der Waals surface area contributed by atoms with Gasteiger partial charge in [-0.05, 0) is 31.7 Å². The summed E-state index contributed by atoms with van der Waals surface area (Å²) in [6, 6.07) is 2.78. The third kappa shape index (κ3) is 4.80. The van der Waals surface area contributed by atoms with Crippen molar-refractivity contribution in [2.75, 3.05) is 38.9 Å². The molecule has 2 atom stereocenters. The second-order valence-corrected chi connectivity index (χ2v) is 7.95. The van der Waals surface area contributed by atoms with Gasteiger partial charge in [0, 0.05) is 19.0 Å². The van der Waals surface area contributed by atoms with Gasteiger partial charge in [0.1, 0.15) is 6.61 Å². The fraction of sp³-hybridized carbons (Fsp3) is 0.522. The first kappa shape index (κ1) is 25.3. The molecule has 0 saturated carbocycles. The van der Waals surface area contributed by atoms with Crippen molar-refractivity contribution in [3.63, 3.8) is 0 Å². The molecule has 0 spiro atoms. The van der Waals surface area contributed by atoms with Gasteiger partial charge in [-0.3, -0.25) is 9.59 Å². The number of rotatable bonds is 8. The van der Waals surface area contributed by atoms with Gasteiger partial charge in [-0.1, -0.05) is 12.7 Å². The van der Waals surface area contributed by atoms with Crippen molar-refractivity contribution in [3.05, 3.63) is 30.4 Å². The summed E-state index contributed by atoms with van der Waals surface area (Å²) in [7, 11) is 2.69. The van der Waals surface area contributed by atoms with Gasteiger partial charge >= 0.3 is 12.1 Å². The number of aliphatic hydroxyl groups is 2. The number of methoxy groups -OCH3 is 2. The van der Waals surface area contributed by atoms with Crippen molar-refractivity contribution >= 4 is 23.7 Å². The molecule has 34 heavy (non-hydrogen) atoms. The molecule has 11 heteroatoms. The number of nitrogens with zero attached hydrogens (tertiary/aromatic N) is 2. The van der Waals surface area contributed by atoms with Gasteiger partial charge in [0.05, 0.1) is 32.1 Å². The van der Waals surface area contributed by atoms with Gasteiger partial charge in [-0.25, -0.2) is 9.69 Å². The normalized spacial score (nSPS) is 21.6. The summed E-state index contributed by atoms with van der Waals surface area (Å²) in [5.41, 5.74) is -1.97. The number of hydrogen-bond donors (Lipinski definition) is 2. The zero-order valence-electron chi connectivity index (χ0n) is 19.3. The number of hydrogen-bond acceptors (Lipinski definition) is 9. The maximum atomic E-state index is 13.5. The van der Waals surface area contributed by atoms with Crippen LogP contribution in [0, 0.1) is 0 Å². The molecular weight excluding hydrogens is 448 g/mol. The average Bonchev–Trinajstić information content (AvgIpc) is 2.91. The van der Waals surface area contributed by atoms with Crippen LogP contribution in [0.1, 0.15) is 42.5 Å². The summed E-state index contributed by atoms with van der Waals surface area (Å²) in [5, 5.41) is 22.5. The van der Waals surface area contributed by atoms with Crippen molar-refractivity contribution in [2.24, 2.45) is 0 Å². The van der Waals surface area contributed by atoms with Gasteiger partial charge in [0.15, 0.2) is 23.5 Å². The first-order valence-corrected chi connectivity index (χ1v) is 11.0. The summed E-state index contributed by atoms with van der Waals surface area (Å²) >= 11 is 0. The fourth-order valence-corrected chi connectivity index (χ4v) is 4.10. The number of carbonyl (C=O) groups is 3. The van der Waals surface area contributed by atoms with Gasteiger partial charge in [0.2, 0.25) is 0 Å². The molecule has 0 radical (unpaired) electrons. The van der Waals surface area contributed by atoms with Crippen LogP contribution in [0.5, 0.6) is 11.5 Å². The van der Waals surface area contributed by atoms with E-state index in [1.807, 2.05) is 0 Å². The number of benzene rings is 1. The predicted octanol–water partition coefficient (Wildman–Crippen LogP) is 1.80. The minimum absolute atomic E-state index is 0.00171. The Kier molecular flexibility index (Phi) is 8.00. The maximum absolute atomic E-state index is 13.5. The van der Waals surface area contributed by atoms with Gasteiger partial charge in [-0.15, -0.1) is 0 Å². The molecule has 0 aliphatic carbocycles. The molecule has 1 fully saturated rings. The van der Waals surface area contributed by atoms with Crippen LogP contribution in [0.2, 0.25) is 0 Å². The van der Waals surface area contributed by atoms with E-state index in [4.69, 9.17) is 14.2 Å². The monoisotopic (exact) mass is 478 g/mol. The summed E-state index contributed by atoms with van der Waals surface area (Å²) in [6.45, 7) is 3.70. The molecule has 2 aliphatic heterocycles. The van der Waals surface area contributed by atoms with Crippen LogP contribution in [-0.2, 0) is 14.3 Å². The first-order valence-electron chi connectivity index (χ1n) is 11.0. The molecular formula is C23H30N2O9. The van der Waals surface area contributed by atoms with Crippen LogP contribution in [-0.4, -0.2) is 79.0 Å². The Morgan fingerprint density at radius 3 is 2.71 bits per heavy atom. The van der Waals surface area contributed by atoms with Gasteiger partial charge < -0.3 is 34.1 Å². The van der Waals surface area contributed by atoms with E-state index >= 15 is 0 Å². The lowest BCUT2D eigenvalue weighted by Gasteiger charge is -2.45. The number of aliphatic hydroxyl groups excluding tert-OH is 1. The third-order valence-electron chi connectivity index (χ3n) is 5.85. The van der Waals surface area contributed by atoms with Crippen LogP contribution < -0.4 is 14.4 Å². The topological polar surface area (TPSA) is 135 Å². The number of ether oxygens (including phenoxy) is 4. The quantitative estimate of drug-likeness (QED) is 0.326. The molecule has 0 aromatic heterocycles. The highest BCUT2D eigenvalue weighted by Gasteiger charge is 2.53. The number of piperidine rings is 1.